The molecule has 2 amide bonds. The molecule has 2 bridgehead atoms. The summed E-state index contributed by atoms with van der Waals surface area (Å²) in [4.78, 5) is 44.9. The summed E-state index contributed by atoms with van der Waals surface area (Å²) in [5, 5.41) is 10.6. The van der Waals surface area contributed by atoms with Gasteiger partial charge in [-0.25, -0.2) is 0 Å². The summed E-state index contributed by atoms with van der Waals surface area (Å²) in [6.45, 7) is 12.8. The molecule has 2 unspecified atom stereocenters. The van der Waals surface area contributed by atoms with Crippen LogP contribution in [-0.4, -0.2) is 70.8 Å². The minimum atomic E-state index is -1.24. The van der Waals surface area contributed by atoms with Gasteiger partial charge in [0.05, 0.1) is 34.9 Å². The molecule has 3 aliphatic rings. The number of halogens is 1. The number of aliphatic hydroxyl groups is 1. The van der Waals surface area contributed by atoms with Crippen molar-refractivity contribution in [1.82, 2.24) is 4.90 Å². The number of carbonyl (C=O) groups excluding carboxylic acids is 3. The molecule has 3 saturated heterocycles. The summed E-state index contributed by atoms with van der Waals surface area (Å²) >= 11 is 6.57. The van der Waals surface area contributed by atoms with Crippen molar-refractivity contribution in [2.75, 3.05) is 24.7 Å². The van der Waals surface area contributed by atoms with Crippen molar-refractivity contribution in [3.05, 3.63) is 54.1 Å². The van der Waals surface area contributed by atoms with E-state index >= 15 is 0 Å². The van der Waals surface area contributed by atoms with E-state index in [1.807, 2.05) is 26.8 Å². The molecular formula is C28H35ClN2O6. The van der Waals surface area contributed by atoms with Crippen molar-refractivity contribution in [2.45, 2.75) is 63.3 Å². The first kappa shape index (κ1) is 27.4. The number of aryl methyl sites for hydroxylation is 1. The van der Waals surface area contributed by atoms with Gasteiger partial charge in [0, 0.05) is 6.54 Å². The van der Waals surface area contributed by atoms with Gasteiger partial charge in [-0.1, -0.05) is 49.4 Å². The van der Waals surface area contributed by atoms with Gasteiger partial charge in [0.25, 0.3) is 5.91 Å². The molecule has 0 radical (unpaired) electrons. The Kier molecular flexibility index (Phi) is 7.57. The molecule has 1 spiro atoms. The molecule has 1 N–H and O–H groups in total. The van der Waals surface area contributed by atoms with E-state index in [0.717, 1.165) is 5.56 Å². The number of rotatable bonds is 10. The van der Waals surface area contributed by atoms with Crippen molar-refractivity contribution in [3.8, 4) is 0 Å². The Labute approximate surface area is 222 Å². The van der Waals surface area contributed by atoms with Crippen LogP contribution in [0.5, 0.6) is 0 Å². The largest absolute Gasteiger partial charge is 0.461 e. The molecule has 37 heavy (non-hydrogen) atoms. The number of likely N-dealkylation sites (tertiary alicyclic amines) is 1. The number of anilines is 1. The van der Waals surface area contributed by atoms with E-state index in [1.54, 1.807) is 18.2 Å². The number of ether oxygens (including phenoxy) is 2. The fraction of sp³-hybridized carbons (Fsp3) is 0.536. The first-order valence-electron chi connectivity index (χ1n) is 12.7. The van der Waals surface area contributed by atoms with Crippen molar-refractivity contribution >= 4 is 35.1 Å². The highest BCUT2D eigenvalue weighted by molar-refractivity contribution is 6.34. The zero-order valence-corrected chi connectivity index (χ0v) is 22.4. The standard InChI is InChI=1S/C28H35ClN2O6/c1-6-14-30(22-17(4)10-9-11-19(22)29)25(34)23-28-13-12-27(5,37-28)21(26(35)36-15-7-2)20(28)24(33)31(23)18(8-3)16-32/h6-7,9-11,18,20-21,23,32H,1-2,8,12-16H2,3-5H3/t18-,20-,21+,23?,27-,28?/m0/s1. The van der Waals surface area contributed by atoms with E-state index in [4.69, 9.17) is 21.1 Å². The third kappa shape index (κ3) is 4.10. The third-order valence-electron chi connectivity index (χ3n) is 8.16. The van der Waals surface area contributed by atoms with Crippen molar-refractivity contribution < 1.29 is 29.0 Å². The van der Waals surface area contributed by atoms with Crippen LogP contribution in [0, 0.1) is 18.8 Å². The highest BCUT2D eigenvalue weighted by Gasteiger charge is 2.79. The van der Waals surface area contributed by atoms with Crippen molar-refractivity contribution in [1.29, 1.82) is 0 Å². The first-order chi connectivity index (χ1) is 17.6. The zero-order valence-electron chi connectivity index (χ0n) is 21.6. The van der Waals surface area contributed by atoms with E-state index in [9.17, 15) is 19.5 Å². The molecule has 6 atom stereocenters. The monoisotopic (exact) mass is 530 g/mol. The lowest BCUT2D eigenvalue weighted by Crippen LogP contribution is -2.59. The molecule has 3 fully saturated rings. The molecule has 1 aromatic rings. The number of esters is 1. The summed E-state index contributed by atoms with van der Waals surface area (Å²) in [6.07, 6.45) is 4.40. The average Bonchev–Trinajstić information content (AvgIpc) is 3.43. The number of carbonyl (C=O) groups is 3. The minimum absolute atomic E-state index is 0.0124. The van der Waals surface area contributed by atoms with Crippen LogP contribution in [0.2, 0.25) is 5.02 Å². The lowest BCUT2D eigenvalue weighted by molar-refractivity contribution is -0.159. The summed E-state index contributed by atoms with van der Waals surface area (Å²) in [5.41, 5.74) is -0.874. The van der Waals surface area contributed by atoms with Gasteiger partial charge in [0.2, 0.25) is 5.91 Å². The first-order valence-corrected chi connectivity index (χ1v) is 13.1. The quantitative estimate of drug-likeness (QED) is 0.368. The molecule has 200 valence electrons. The van der Waals surface area contributed by atoms with Crippen molar-refractivity contribution in [2.24, 2.45) is 11.8 Å². The molecule has 4 rings (SSSR count). The number of benzene rings is 1. The molecule has 3 aliphatic heterocycles. The van der Waals surface area contributed by atoms with Crippen LogP contribution in [0.3, 0.4) is 0 Å². The van der Waals surface area contributed by atoms with E-state index in [2.05, 4.69) is 13.2 Å². The zero-order chi connectivity index (χ0) is 27.1. The highest BCUT2D eigenvalue weighted by atomic mass is 35.5. The van der Waals surface area contributed by atoms with Gasteiger partial charge in [0.1, 0.15) is 24.2 Å². The Morgan fingerprint density at radius 2 is 2.08 bits per heavy atom. The Balaban J connectivity index is 1.86. The number of fused-ring (bicyclic) bond motifs is 1. The second-order valence-corrected chi connectivity index (χ2v) is 10.7. The Morgan fingerprint density at radius 1 is 1.35 bits per heavy atom. The Hall–Kier alpha value is -2.68. The predicted molar refractivity (Wildman–Crippen MR) is 140 cm³/mol. The maximum absolute atomic E-state index is 14.5. The van der Waals surface area contributed by atoms with E-state index in [-0.39, 0.29) is 31.6 Å². The van der Waals surface area contributed by atoms with Crippen LogP contribution in [0.1, 0.15) is 38.7 Å². The summed E-state index contributed by atoms with van der Waals surface area (Å²) in [7, 11) is 0. The fourth-order valence-electron chi connectivity index (χ4n) is 6.57. The number of hydrogen-bond acceptors (Lipinski definition) is 6. The maximum atomic E-state index is 14.5. The van der Waals surface area contributed by atoms with Gasteiger partial charge < -0.3 is 24.4 Å². The van der Waals surface area contributed by atoms with Gasteiger partial charge in [0.15, 0.2) is 0 Å². The smallest absolute Gasteiger partial charge is 0.313 e. The normalized spacial score (nSPS) is 30.7. The molecule has 0 saturated carbocycles. The number of amides is 2. The van der Waals surface area contributed by atoms with Crippen LogP contribution in [-0.2, 0) is 23.9 Å². The fourth-order valence-corrected chi connectivity index (χ4v) is 6.90. The van der Waals surface area contributed by atoms with Gasteiger partial charge in [-0.05, 0) is 44.7 Å². The predicted octanol–water partition coefficient (Wildman–Crippen LogP) is 3.43. The molecule has 0 aliphatic carbocycles. The van der Waals surface area contributed by atoms with Crippen LogP contribution in [0.15, 0.2) is 43.5 Å². The molecule has 3 heterocycles. The molecule has 8 nitrogen and oxygen atoms in total. The van der Waals surface area contributed by atoms with Crippen LogP contribution < -0.4 is 4.90 Å². The number of para-hydroxylation sites is 1. The second-order valence-electron chi connectivity index (χ2n) is 10.3. The van der Waals surface area contributed by atoms with Gasteiger partial charge >= 0.3 is 5.97 Å². The van der Waals surface area contributed by atoms with Crippen LogP contribution in [0.25, 0.3) is 0 Å². The van der Waals surface area contributed by atoms with Gasteiger partial charge in [-0.15, -0.1) is 6.58 Å². The topological polar surface area (TPSA) is 96.4 Å². The average molecular weight is 531 g/mol. The lowest BCUT2D eigenvalue weighted by Gasteiger charge is -2.39. The molecular weight excluding hydrogens is 496 g/mol. The molecule has 1 aromatic carbocycles. The summed E-state index contributed by atoms with van der Waals surface area (Å²) < 4.78 is 12.0. The minimum Gasteiger partial charge on any atom is -0.461 e. The van der Waals surface area contributed by atoms with E-state index < -0.39 is 41.1 Å². The number of aliphatic hydroxyl groups excluding tert-OH is 1. The molecule has 9 heteroatoms. The van der Waals surface area contributed by atoms with Crippen LogP contribution >= 0.6 is 11.6 Å². The second kappa shape index (κ2) is 10.2. The maximum Gasteiger partial charge on any atom is 0.313 e. The van der Waals surface area contributed by atoms with Gasteiger partial charge in [-0.2, -0.15) is 0 Å². The highest BCUT2D eigenvalue weighted by Crippen LogP contribution is 2.64. The number of hydrogen-bond donors (Lipinski definition) is 1. The lowest BCUT2D eigenvalue weighted by atomic mass is 9.66. The summed E-state index contributed by atoms with van der Waals surface area (Å²) in [5.74, 6) is -3.09. The Bertz CT molecular complexity index is 1100. The summed E-state index contributed by atoms with van der Waals surface area (Å²) in [6, 6.07) is 3.68. The SMILES string of the molecule is C=CCOC(=O)[C@H]1[C@H]2C(=O)N([C@@H](CC)CO)C(C(=O)N(CC=C)c3c(C)cccc3Cl)C23CC[C@]1(C)O3. The van der Waals surface area contributed by atoms with E-state index in [0.29, 0.717) is 30.0 Å². The van der Waals surface area contributed by atoms with Crippen LogP contribution in [0.4, 0.5) is 5.69 Å². The number of nitrogens with zero attached hydrogens (tertiary/aromatic N) is 2. The Morgan fingerprint density at radius 3 is 2.68 bits per heavy atom. The van der Waals surface area contributed by atoms with E-state index in [1.165, 1.54) is 15.9 Å². The molecule has 0 aromatic heterocycles. The van der Waals surface area contributed by atoms with Crippen molar-refractivity contribution in [3.63, 3.8) is 0 Å². The third-order valence-corrected chi connectivity index (χ3v) is 8.46. The van der Waals surface area contributed by atoms with Gasteiger partial charge in [-0.3, -0.25) is 14.4 Å².